The quantitative estimate of drug-likeness (QED) is 0.842. The van der Waals surface area contributed by atoms with E-state index < -0.39 is 0 Å². The molecule has 6 heteroatoms. The average Bonchev–Trinajstić information content (AvgIpc) is 2.60. The third-order valence-electron chi connectivity index (χ3n) is 3.56. The summed E-state index contributed by atoms with van der Waals surface area (Å²) < 4.78 is 10.8. The van der Waals surface area contributed by atoms with Crippen LogP contribution in [0.25, 0.3) is 11.1 Å². The molecule has 1 amide bonds. The molecule has 1 aromatic heterocycles. The number of hydrogen-bond acceptors (Lipinski definition) is 5. The van der Waals surface area contributed by atoms with E-state index in [4.69, 9.17) is 9.47 Å². The van der Waals surface area contributed by atoms with Gasteiger partial charge in [0.2, 0.25) is 0 Å². The summed E-state index contributed by atoms with van der Waals surface area (Å²) in [6.45, 7) is 1.35. The molecule has 2 aromatic rings. The van der Waals surface area contributed by atoms with Crippen LogP contribution < -0.4 is 14.8 Å². The lowest BCUT2D eigenvalue weighted by molar-refractivity contribution is 0.0950. The lowest BCUT2D eigenvalue weighted by Gasteiger charge is -2.14. The molecule has 0 atom stereocenters. The van der Waals surface area contributed by atoms with Crippen molar-refractivity contribution in [1.82, 2.24) is 15.2 Å². The van der Waals surface area contributed by atoms with E-state index in [9.17, 15) is 4.79 Å². The highest BCUT2D eigenvalue weighted by molar-refractivity contribution is 5.95. The number of aromatic nitrogens is 1. The minimum absolute atomic E-state index is 0.153. The van der Waals surface area contributed by atoms with Gasteiger partial charge < -0.3 is 19.7 Å². The summed E-state index contributed by atoms with van der Waals surface area (Å²) in [6, 6.07) is 7.34. The molecule has 1 N–H and O–H groups in total. The van der Waals surface area contributed by atoms with Crippen molar-refractivity contribution < 1.29 is 14.3 Å². The van der Waals surface area contributed by atoms with E-state index >= 15 is 0 Å². The Labute approximate surface area is 142 Å². The Balaban J connectivity index is 2.29. The number of amides is 1. The summed E-state index contributed by atoms with van der Waals surface area (Å²) in [5.74, 6) is 1.18. The number of carbonyl (C=O) groups excluding carboxylic acids is 1. The van der Waals surface area contributed by atoms with E-state index in [1.165, 1.54) is 0 Å². The van der Waals surface area contributed by atoms with Gasteiger partial charge in [-0.05, 0) is 32.3 Å². The van der Waals surface area contributed by atoms with Crippen LogP contribution in [0.3, 0.4) is 0 Å². The number of likely N-dealkylation sites (N-methyl/N-ethyl adjacent to an activating group) is 1. The van der Waals surface area contributed by atoms with Crippen LogP contribution >= 0.6 is 0 Å². The molecule has 0 aliphatic carbocycles. The molecule has 0 aliphatic rings. The predicted octanol–water partition coefficient (Wildman–Crippen LogP) is 2.06. The fraction of sp³-hybridized carbons (Fsp3) is 0.333. The molecular weight excluding hydrogens is 306 g/mol. The van der Waals surface area contributed by atoms with E-state index in [1.807, 2.05) is 37.2 Å². The average molecular weight is 329 g/mol. The van der Waals surface area contributed by atoms with Gasteiger partial charge in [-0.1, -0.05) is 6.07 Å². The van der Waals surface area contributed by atoms with E-state index in [0.29, 0.717) is 23.6 Å². The Morgan fingerprint density at radius 1 is 1.17 bits per heavy atom. The molecule has 1 aromatic carbocycles. The maximum absolute atomic E-state index is 12.3. The molecule has 0 fully saturated rings. The first kappa shape index (κ1) is 17.7. The summed E-state index contributed by atoms with van der Waals surface area (Å²) in [5, 5.41) is 2.88. The van der Waals surface area contributed by atoms with E-state index in [-0.39, 0.29) is 5.91 Å². The summed E-state index contributed by atoms with van der Waals surface area (Å²) in [5.41, 5.74) is 2.04. The van der Waals surface area contributed by atoms with Gasteiger partial charge in [-0.2, -0.15) is 0 Å². The van der Waals surface area contributed by atoms with Crippen molar-refractivity contribution in [2.75, 3.05) is 41.4 Å². The lowest BCUT2D eigenvalue weighted by Crippen LogP contribution is -2.31. The molecule has 0 saturated heterocycles. The molecule has 0 aliphatic heterocycles. The minimum Gasteiger partial charge on any atom is -0.496 e. The number of hydrogen-bond donors (Lipinski definition) is 1. The van der Waals surface area contributed by atoms with Gasteiger partial charge in [-0.25, -0.2) is 0 Å². The van der Waals surface area contributed by atoms with Gasteiger partial charge >= 0.3 is 0 Å². The van der Waals surface area contributed by atoms with E-state index in [1.54, 1.807) is 32.7 Å². The highest BCUT2D eigenvalue weighted by Crippen LogP contribution is 2.38. The molecule has 2 rings (SSSR count). The second-order valence-corrected chi connectivity index (χ2v) is 5.56. The smallest absolute Gasteiger partial charge is 0.252 e. The van der Waals surface area contributed by atoms with Crippen molar-refractivity contribution in [3.05, 3.63) is 42.2 Å². The summed E-state index contributed by atoms with van der Waals surface area (Å²) in [6.07, 6.45) is 3.24. The van der Waals surface area contributed by atoms with Gasteiger partial charge in [-0.15, -0.1) is 0 Å². The lowest BCUT2D eigenvalue weighted by atomic mass is 10.0. The van der Waals surface area contributed by atoms with Gasteiger partial charge in [0.25, 0.3) is 5.91 Å². The molecular formula is C18H23N3O3. The number of rotatable bonds is 7. The van der Waals surface area contributed by atoms with Crippen molar-refractivity contribution in [2.45, 2.75) is 0 Å². The van der Waals surface area contributed by atoms with Crippen LogP contribution in [0.4, 0.5) is 0 Å². The van der Waals surface area contributed by atoms with Gasteiger partial charge in [-0.3, -0.25) is 9.78 Å². The minimum atomic E-state index is -0.153. The van der Waals surface area contributed by atoms with Crippen LogP contribution in [0.5, 0.6) is 11.5 Å². The molecule has 6 nitrogen and oxygen atoms in total. The maximum Gasteiger partial charge on any atom is 0.252 e. The number of nitrogens with zero attached hydrogens (tertiary/aromatic N) is 2. The second-order valence-electron chi connectivity index (χ2n) is 5.56. The molecule has 24 heavy (non-hydrogen) atoms. The zero-order chi connectivity index (χ0) is 17.5. The molecule has 0 saturated carbocycles. The van der Waals surface area contributed by atoms with Crippen LogP contribution in [0, 0.1) is 0 Å². The van der Waals surface area contributed by atoms with E-state index in [2.05, 4.69) is 10.3 Å². The Morgan fingerprint density at radius 3 is 2.42 bits per heavy atom. The zero-order valence-corrected chi connectivity index (χ0v) is 14.5. The molecule has 0 unspecified atom stereocenters. The first-order valence-corrected chi connectivity index (χ1v) is 7.66. The first-order chi connectivity index (χ1) is 11.6. The highest BCUT2D eigenvalue weighted by Gasteiger charge is 2.15. The number of carbonyl (C=O) groups is 1. The number of methoxy groups -OCH3 is 2. The third-order valence-corrected chi connectivity index (χ3v) is 3.56. The zero-order valence-electron chi connectivity index (χ0n) is 14.5. The fourth-order valence-electron chi connectivity index (χ4n) is 2.33. The largest absolute Gasteiger partial charge is 0.496 e. The Kier molecular flexibility index (Phi) is 6.14. The van der Waals surface area contributed by atoms with Gasteiger partial charge in [0.1, 0.15) is 11.5 Å². The van der Waals surface area contributed by atoms with Crippen molar-refractivity contribution in [3.8, 4) is 22.6 Å². The summed E-state index contributed by atoms with van der Waals surface area (Å²) >= 11 is 0. The first-order valence-electron chi connectivity index (χ1n) is 7.66. The second kappa shape index (κ2) is 8.31. The maximum atomic E-state index is 12.3. The number of benzene rings is 1. The fourth-order valence-corrected chi connectivity index (χ4v) is 2.33. The SMILES string of the molecule is COc1cccc(OC)c1-c1cncc(C(=O)NCCN(C)C)c1. The van der Waals surface area contributed by atoms with Gasteiger partial charge in [0.05, 0.1) is 25.3 Å². The number of nitrogens with one attached hydrogen (secondary N) is 1. The molecule has 0 bridgehead atoms. The molecule has 0 radical (unpaired) electrons. The van der Waals surface area contributed by atoms with Crippen molar-refractivity contribution in [1.29, 1.82) is 0 Å². The van der Waals surface area contributed by atoms with Crippen LogP contribution in [0.1, 0.15) is 10.4 Å². The van der Waals surface area contributed by atoms with Crippen LogP contribution in [-0.2, 0) is 0 Å². The van der Waals surface area contributed by atoms with Crippen LogP contribution in [0.15, 0.2) is 36.7 Å². The Hall–Kier alpha value is -2.60. The summed E-state index contributed by atoms with van der Waals surface area (Å²) in [4.78, 5) is 18.5. The Bertz CT molecular complexity index is 679. The van der Waals surface area contributed by atoms with Crippen LogP contribution in [-0.4, -0.2) is 57.2 Å². The Morgan fingerprint density at radius 2 is 1.83 bits per heavy atom. The molecule has 1 heterocycles. The predicted molar refractivity (Wildman–Crippen MR) is 93.7 cm³/mol. The van der Waals surface area contributed by atoms with Crippen molar-refractivity contribution in [3.63, 3.8) is 0 Å². The molecule has 128 valence electrons. The normalized spacial score (nSPS) is 10.5. The van der Waals surface area contributed by atoms with E-state index in [0.717, 1.165) is 17.7 Å². The molecule has 0 spiro atoms. The standard InChI is InChI=1S/C18H23N3O3/c1-21(2)9-8-20-18(22)14-10-13(11-19-12-14)17-15(23-3)6-5-7-16(17)24-4/h5-7,10-12H,8-9H2,1-4H3,(H,20,22). The topological polar surface area (TPSA) is 63.7 Å². The van der Waals surface area contributed by atoms with Gasteiger partial charge in [0, 0.05) is 31.0 Å². The van der Waals surface area contributed by atoms with Crippen molar-refractivity contribution >= 4 is 5.91 Å². The number of pyridine rings is 1. The summed E-state index contributed by atoms with van der Waals surface area (Å²) in [7, 11) is 7.12. The highest BCUT2D eigenvalue weighted by atomic mass is 16.5. The van der Waals surface area contributed by atoms with Gasteiger partial charge in [0.15, 0.2) is 0 Å². The third kappa shape index (κ3) is 4.23. The monoisotopic (exact) mass is 329 g/mol. The van der Waals surface area contributed by atoms with Crippen LogP contribution in [0.2, 0.25) is 0 Å². The van der Waals surface area contributed by atoms with Crippen molar-refractivity contribution in [2.24, 2.45) is 0 Å². The number of ether oxygens (including phenoxy) is 2.